The predicted octanol–water partition coefficient (Wildman–Crippen LogP) is 1.41. The first-order valence-electron chi connectivity index (χ1n) is 12.5. The van der Waals surface area contributed by atoms with Gasteiger partial charge in [0.05, 0.1) is 49.0 Å². The van der Waals surface area contributed by atoms with Crippen LogP contribution in [-0.4, -0.2) is 94.9 Å². The van der Waals surface area contributed by atoms with E-state index in [4.69, 9.17) is 4.74 Å². The van der Waals surface area contributed by atoms with Gasteiger partial charge in [0, 0.05) is 51.2 Å². The van der Waals surface area contributed by atoms with Crippen LogP contribution < -0.4 is 15.1 Å². The molecule has 0 aromatic carbocycles. The maximum absolute atomic E-state index is 12.6. The Labute approximate surface area is 220 Å². The molecule has 1 unspecified atom stereocenters. The highest BCUT2D eigenvalue weighted by molar-refractivity contribution is 5.93. The maximum Gasteiger partial charge on any atom is 0.242 e. The summed E-state index contributed by atoms with van der Waals surface area (Å²) >= 11 is 0. The maximum atomic E-state index is 12.6. The molecule has 2 N–H and O–H groups in total. The van der Waals surface area contributed by atoms with E-state index in [1.807, 2.05) is 11.0 Å². The Kier molecular flexibility index (Phi) is 7.69. The minimum absolute atomic E-state index is 0.0339. The number of hydrogen-bond donors (Lipinski definition) is 2. The number of carbonyl (C=O) groups is 1. The summed E-state index contributed by atoms with van der Waals surface area (Å²) in [7, 11) is 1.71. The molecule has 0 saturated carbocycles. The molecule has 0 aliphatic carbocycles. The first kappa shape index (κ1) is 25.5. The Morgan fingerprint density at radius 2 is 2.05 bits per heavy atom. The third-order valence-corrected chi connectivity index (χ3v) is 6.59. The van der Waals surface area contributed by atoms with E-state index in [9.17, 15) is 15.2 Å². The molecule has 1 amide bonds. The topological polar surface area (TPSA) is 144 Å². The minimum Gasteiger partial charge on any atom is -0.391 e. The molecule has 38 heavy (non-hydrogen) atoms. The summed E-state index contributed by atoms with van der Waals surface area (Å²) in [5.74, 6) is 1.44. The van der Waals surface area contributed by atoms with Crippen LogP contribution in [0.4, 0.5) is 23.3 Å². The average Bonchev–Trinajstić information content (AvgIpc) is 3.39. The van der Waals surface area contributed by atoms with Crippen LogP contribution in [0.25, 0.3) is 11.3 Å². The van der Waals surface area contributed by atoms with Crippen LogP contribution in [0.2, 0.25) is 0 Å². The van der Waals surface area contributed by atoms with Crippen molar-refractivity contribution in [2.75, 3.05) is 68.1 Å². The number of nitriles is 1. The van der Waals surface area contributed by atoms with Gasteiger partial charge in [0.15, 0.2) is 0 Å². The van der Waals surface area contributed by atoms with Crippen LogP contribution in [0.1, 0.15) is 12.0 Å². The number of carbonyl (C=O) groups excluding carboxylic acids is 1. The average molecular weight is 516 g/mol. The molecule has 12 nitrogen and oxygen atoms in total. The fraction of sp³-hybridized carbons (Fsp3) is 0.385. The monoisotopic (exact) mass is 515 g/mol. The molecule has 2 aliphatic rings. The number of likely N-dealkylation sites (N-methyl/N-ethyl adjacent to an activating group) is 1. The van der Waals surface area contributed by atoms with E-state index in [0.29, 0.717) is 79.4 Å². The summed E-state index contributed by atoms with van der Waals surface area (Å²) in [6.07, 6.45) is 5.18. The van der Waals surface area contributed by atoms with Crippen molar-refractivity contribution in [2.24, 2.45) is 0 Å². The Balaban J connectivity index is 1.25. The fourth-order valence-electron chi connectivity index (χ4n) is 4.42. The van der Waals surface area contributed by atoms with Crippen LogP contribution in [0.15, 0.2) is 42.9 Å². The lowest BCUT2D eigenvalue weighted by atomic mass is 10.1. The number of β-amino-alcohol motifs (C(OH)–C–C–N with tert-alkyl or cyclic N) is 1. The highest BCUT2D eigenvalue weighted by Gasteiger charge is 2.24. The number of aromatic nitrogens is 4. The van der Waals surface area contributed by atoms with Gasteiger partial charge in [-0.3, -0.25) is 14.6 Å². The summed E-state index contributed by atoms with van der Waals surface area (Å²) in [6.45, 7) is 4.23. The second-order valence-corrected chi connectivity index (χ2v) is 9.23. The number of rotatable bonds is 7. The van der Waals surface area contributed by atoms with Gasteiger partial charge in [-0.15, -0.1) is 0 Å². The van der Waals surface area contributed by atoms with Crippen molar-refractivity contribution in [1.82, 2.24) is 24.8 Å². The van der Waals surface area contributed by atoms with Crippen LogP contribution in [0.5, 0.6) is 0 Å². The Morgan fingerprint density at radius 1 is 1.21 bits per heavy atom. The Bertz CT molecular complexity index is 1320. The molecular weight excluding hydrogens is 486 g/mol. The fourth-order valence-corrected chi connectivity index (χ4v) is 4.42. The largest absolute Gasteiger partial charge is 0.391 e. The summed E-state index contributed by atoms with van der Waals surface area (Å²) in [4.78, 5) is 36.0. The molecule has 5 rings (SSSR count). The molecule has 0 bridgehead atoms. The number of nitrogens with zero attached hydrogens (tertiary/aromatic N) is 8. The number of aliphatic hydroxyl groups excluding tert-OH is 1. The number of anilines is 4. The van der Waals surface area contributed by atoms with Crippen LogP contribution in [0, 0.1) is 11.3 Å². The Morgan fingerprint density at radius 3 is 2.76 bits per heavy atom. The molecule has 0 radical (unpaired) electrons. The second-order valence-electron chi connectivity index (χ2n) is 9.23. The molecule has 0 spiro atoms. The van der Waals surface area contributed by atoms with E-state index >= 15 is 0 Å². The van der Waals surface area contributed by atoms with Gasteiger partial charge in [-0.05, 0) is 30.7 Å². The minimum atomic E-state index is -0.405. The van der Waals surface area contributed by atoms with Gasteiger partial charge in [-0.1, -0.05) is 0 Å². The van der Waals surface area contributed by atoms with Gasteiger partial charge in [0.25, 0.3) is 0 Å². The van der Waals surface area contributed by atoms with Crippen molar-refractivity contribution in [3.8, 4) is 17.3 Å². The van der Waals surface area contributed by atoms with Crippen LogP contribution >= 0.6 is 0 Å². The van der Waals surface area contributed by atoms with Crippen LogP contribution in [-0.2, 0) is 9.53 Å². The summed E-state index contributed by atoms with van der Waals surface area (Å²) in [5, 5.41) is 22.6. The number of ether oxygens (including phenoxy) is 1. The third kappa shape index (κ3) is 5.86. The van der Waals surface area contributed by atoms with Crippen molar-refractivity contribution < 1.29 is 14.6 Å². The molecule has 12 heteroatoms. The molecule has 2 fully saturated rings. The number of morpholine rings is 1. The lowest BCUT2D eigenvalue weighted by molar-refractivity contribution is -0.120. The molecule has 1 atom stereocenters. The molecule has 2 saturated heterocycles. The van der Waals surface area contributed by atoms with Crippen molar-refractivity contribution >= 4 is 29.2 Å². The molecule has 5 heterocycles. The first-order chi connectivity index (χ1) is 18.5. The van der Waals surface area contributed by atoms with E-state index in [1.54, 1.807) is 48.7 Å². The highest BCUT2D eigenvalue weighted by Crippen LogP contribution is 2.27. The molecule has 2 aliphatic heterocycles. The zero-order valence-electron chi connectivity index (χ0n) is 21.1. The van der Waals surface area contributed by atoms with E-state index in [0.717, 1.165) is 13.1 Å². The zero-order chi connectivity index (χ0) is 26.5. The van der Waals surface area contributed by atoms with Crippen molar-refractivity contribution in [3.05, 3.63) is 48.4 Å². The van der Waals surface area contributed by atoms with Crippen molar-refractivity contribution in [3.63, 3.8) is 0 Å². The van der Waals surface area contributed by atoms with Gasteiger partial charge in [0.2, 0.25) is 11.9 Å². The number of amides is 1. The van der Waals surface area contributed by atoms with Gasteiger partial charge in [-0.25, -0.2) is 19.9 Å². The molecule has 3 aromatic rings. The normalized spacial score (nSPS) is 17.7. The second kappa shape index (κ2) is 11.5. The molecular formula is C26H29N9O3. The van der Waals surface area contributed by atoms with Gasteiger partial charge in [0.1, 0.15) is 17.7 Å². The Hall–Kier alpha value is -4.18. The smallest absolute Gasteiger partial charge is 0.242 e. The number of nitrogens with one attached hydrogen (secondary N) is 1. The highest BCUT2D eigenvalue weighted by atomic mass is 16.5. The predicted molar refractivity (Wildman–Crippen MR) is 141 cm³/mol. The summed E-state index contributed by atoms with van der Waals surface area (Å²) in [5.41, 5.74) is 2.39. The van der Waals surface area contributed by atoms with Gasteiger partial charge < -0.3 is 20.1 Å². The number of pyridine rings is 2. The standard InChI is InChI=1S/C26H29N9O3/c1-33(24(37)17-34-8-10-38-11-9-34)23-3-2-20(15-29-23)31-26-28-6-4-22(32-26)19-12-18(13-27)25(30-14-19)35-7-5-21(36)16-35/h2-4,6,12,14-15,21,36H,5,7-11,16-17H2,1H3,(H,28,31,32). The number of hydrogen-bond acceptors (Lipinski definition) is 11. The zero-order valence-corrected chi connectivity index (χ0v) is 21.1. The lowest BCUT2D eigenvalue weighted by Gasteiger charge is -2.27. The SMILES string of the molecule is CN(C(=O)CN1CCOCC1)c1ccc(Nc2nccc(-c3cnc(N4CCC(O)C4)c(C#N)c3)n2)cn1. The number of aliphatic hydroxyl groups is 1. The quantitative estimate of drug-likeness (QED) is 0.471. The van der Waals surface area contributed by atoms with E-state index < -0.39 is 6.10 Å². The van der Waals surface area contributed by atoms with Crippen molar-refractivity contribution in [1.29, 1.82) is 5.26 Å². The van der Waals surface area contributed by atoms with E-state index in [-0.39, 0.29) is 5.91 Å². The van der Waals surface area contributed by atoms with E-state index in [1.165, 1.54) is 0 Å². The van der Waals surface area contributed by atoms with Crippen molar-refractivity contribution in [2.45, 2.75) is 12.5 Å². The third-order valence-electron chi connectivity index (χ3n) is 6.59. The first-order valence-corrected chi connectivity index (χ1v) is 12.5. The lowest BCUT2D eigenvalue weighted by Crippen LogP contribution is -2.44. The summed E-state index contributed by atoms with van der Waals surface area (Å²) in [6, 6.07) is 9.28. The van der Waals surface area contributed by atoms with Gasteiger partial charge in [-0.2, -0.15) is 5.26 Å². The van der Waals surface area contributed by atoms with Crippen LogP contribution in [0.3, 0.4) is 0 Å². The van der Waals surface area contributed by atoms with Gasteiger partial charge >= 0.3 is 0 Å². The molecule has 196 valence electrons. The van der Waals surface area contributed by atoms with E-state index in [2.05, 4.69) is 36.2 Å². The molecule has 3 aromatic heterocycles. The summed E-state index contributed by atoms with van der Waals surface area (Å²) < 4.78 is 5.34.